The summed E-state index contributed by atoms with van der Waals surface area (Å²) in [5.41, 5.74) is 2.03. The first kappa shape index (κ1) is 11.2. The van der Waals surface area contributed by atoms with Crippen molar-refractivity contribution in [1.82, 2.24) is 4.98 Å². The average molecular weight is 282 g/mol. The molecular formula is C12H12BrNO2. The van der Waals surface area contributed by atoms with Crippen LogP contribution in [0.2, 0.25) is 0 Å². The number of H-pyrrole nitrogens is 1. The first-order chi connectivity index (χ1) is 7.58. The van der Waals surface area contributed by atoms with Crippen molar-refractivity contribution in [3.05, 3.63) is 34.4 Å². The first-order valence-corrected chi connectivity index (χ1v) is 5.81. The predicted octanol–water partition coefficient (Wildman–Crippen LogP) is 3.55. The standard InChI is InChI=1S/C12H12BrNO2/c1-7(16-8(2)15)11-6-14-12-5-9(13)3-4-10(11)12/h3-7,14H,1-2H3. The lowest BCUT2D eigenvalue weighted by Crippen LogP contribution is -2.03. The fourth-order valence-electron chi connectivity index (χ4n) is 1.77. The SMILES string of the molecule is CC(=O)OC(C)c1c[nH]c2cc(Br)ccc12. The van der Waals surface area contributed by atoms with Gasteiger partial charge in [-0.15, -0.1) is 0 Å². The molecule has 0 aliphatic rings. The third-order valence-electron chi connectivity index (χ3n) is 2.46. The van der Waals surface area contributed by atoms with Crippen LogP contribution in [0.4, 0.5) is 0 Å². The number of aromatic amines is 1. The Morgan fingerprint density at radius 1 is 1.50 bits per heavy atom. The zero-order valence-corrected chi connectivity index (χ0v) is 10.7. The zero-order chi connectivity index (χ0) is 11.7. The normalized spacial score (nSPS) is 12.7. The van der Waals surface area contributed by atoms with E-state index in [-0.39, 0.29) is 12.1 Å². The molecule has 2 rings (SSSR count). The molecule has 3 nitrogen and oxygen atoms in total. The largest absolute Gasteiger partial charge is 0.458 e. The van der Waals surface area contributed by atoms with Crippen LogP contribution in [-0.4, -0.2) is 11.0 Å². The lowest BCUT2D eigenvalue weighted by Gasteiger charge is -2.10. The van der Waals surface area contributed by atoms with Crippen LogP contribution >= 0.6 is 15.9 Å². The summed E-state index contributed by atoms with van der Waals surface area (Å²) in [6, 6.07) is 5.98. The monoisotopic (exact) mass is 281 g/mol. The van der Waals surface area contributed by atoms with E-state index in [1.165, 1.54) is 6.92 Å². The molecule has 1 N–H and O–H groups in total. The van der Waals surface area contributed by atoms with Crippen LogP contribution in [-0.2, 0) is 9.53 Å². The molecule has 0 aliphatic carbocycles. The highest BCUT2D eigenvalue weighted by Crippen LogP contribution is 2.28. The summed E-state index contributed by atoms with van der Waals surface area (Å²) in [5.74, 6) is -0.265. The molecule has 1 aromatic carbocycles. The zero-order valence-electron chi connectivity index (χ0n) is 9.08. The number of fused-ring (bicyclic) bond motifs is 1. The van der Waals surface area contributed by atoms with Crippen molar-refractivity contribution >= 4 is 32.8 Å². The van der Waals surface area contributed by atoms with E-state index >= 15 is 0 Å². The Labute approximate surface area is 102 Å². The second-order valence-corrected chi connectivity index (χ2v) is 4.60. The van der Waals surface area contributed by atoms with E-state index in [0.29, 0.717) is 0 Å². The van der Waals surface area contributed by atoms with Crippen LogP contribution in [0, 0.1) is 0 Å². The van der Waals surface area contributed by atoms with Gasteiger partial charge in [0.25, 0.3) is 0 Å². The number of aromatic nitrogens is 1. The van der Waals surface area contributed by atoms with E-state index in [4.69, 9.17) is 4.74 Å². The van der Waals surface area contributed by atoms with E-state index in [0.717, 1.165) is 20.9 Å². The fraction of sp³-hybridized carbons (Fsp3) is 0.250. The molecule has 1 aromatic heterocycles. The van der Waals surface area contributed by atoms with Gasteiger partial charge in [0.2, 0.25) is 0 Å². The third-order valence-corrected chi connectivity index (χ3v) is 2.95. The molecule has 16 heavy (non-hydrogen) atoms. The Morgan fingerprint density at radius 3 is 2.94 bits per heavy atom. The topological polar surface area (TPSA) is 42.1 Å². The minimum atomic E-state index is -0.265. The Kier molecular flexibility index (Phi) is 3.01. The van der Waals surface area contributed by atoms with Crippen molar-refractivity contribution in [3.8, 4) is 0 Å². The molecule has 0 fully saturated rings. The maximum atomic E-state index is 10.9. The maximum absolute atomic E-state index is 10.9. The van der Waals surface area contributed by atoms with Crippen LogP contribution in [0.1, 0.15) is 25.5 Å². The van der Waals surface area contributed by atoms with Gasteiger partial charge in [0.05, 0.1) is 0 Å². The molecule has 1 heterocycles. The van der Waals surface area contributed by atoms with E-state index in [9.17, 15) is 4.79 Å². The number of ether oxygens (including phenoxy) is 1. The fourth-order valence-corrected chi connectivity index (χ4v) is 2.13. The van der Waals surface area contributed by atoms with Gasteiger partial charge in [0.1, 0.15) is 6.10 Å². The number of nitrogens with one attached hydrogen (secondary N) is 1. The van der Waals surface area contributed by atoms with Gasteiger partial charge in [0, 0.05) is 34.1 Å². The van der Waals surface area contributed by atoms with Crippen LogP contribution in [0.25, 0.3) is 10.9 Å². The summed E-state index contributed by atoms with van der Waals surface area (Å²) in [5, 5.41) is 1.08. The Bertz CT molecular complexity index is 533. The van der Waals surface area contributed by atoms with Crippen molar-refractivity contribution < 1.29 is 9.53 Å². The van der Waals surface area contributed by atoms with E-state index in [2.05, 4.69) is 20.9 Å². The van der Waals surface area contributed by atoms with Crippen molar-refractivity contribution in [2.75, 3.05) is 0 Å². The highest BCUT2D eigenvalue weighted by Gasteiger charge is 2.13. The molecule has 0 amide bonds. The second-order valence-electron chi connectivity index (χ2n) is 3.69. The van der Waals surface area contributed by atoms with E-state index < -0.39 is 0 Å². The van der Waals surface area contributed by atoms with Gasteiger partial charge < -0.3 is 9.72 Å². The third kappa shape index (κ3) is 2.11. The molecule has 0 radical (unpaired) electrons. The number of esters is 1. The lowest BCUT2D eigenvalue weighted by atomic mass is 10.1. The molecule has 84 valence electrons. The number of carbonyl (C=O) groups is 1. The summed E-state index contributed by atoms with van der Waals surface area (Å²) in [7, 11) is 0. The molecule has 0 bridgehead atoms. The molecule has 0 saturated carbocycles. The van der Waals surface area contributed by atoms with Gasteiger partial charge >= 0.3 is 5.97 Å². The minimum Gasteiger partial charge on any atom is -0.458 e. The first-order valence-electron chi connectivity index (χ1n) is 5.01. The van der Waals surface area contributed by atoms with E-state index in [1.807, 2.05) is 31.3 Å². The quantitative estimate of drug-likeness (QED) is 0.856. The Balaban J connectivity index is 2.41. The average Bonchev–Trinajstić information content (AvgIpc) is 2.59. The van der Waals surface area contributed by atoms with Gasteiger partial charge in [-0.25, -0.2) is 0 Å². The van der Waals surface area contributed by atoms with Crippen LogP contribution in [0.15, 0.2) is 28.9 Å². The summed E-state index contributed by atoms with van der Waals surface area (Å²) in [4.78, 5) is 14.1. The highest BCUT2D eigenvalue weighted by atomic mass is 79.9. The van der Waals surface area contributed by atoms with Gasteiger partial charge in [-0.1, -0.05) is 22.0 Å². The highest BCUT2D eigenvalue weighted by molar-refractivity contribution is 9.10. The predicted molar refractivity (Wildman–Crippen MR) is 66.2 cm³/mol. The number of carbonyl (C=O) groups excluding carboxylic acids is 1. The molecule has 4 heteroatoms. The van der Waals surface area contributed by atoms with Gasteiger partial charge in [-0.2, -0.15) is 0 Å². The number of hydrogen-bond acceptors (Lipinski definition) is 2. The van der Waals surface area contributed by atoms with Gasteiger partial charge in [-0.05, 0) is 19.1 Å². The van der Waals surface area contributed by atoms with Crippen LogP contribution in [0.5, 0.6) is 0 Å². The number of rotatable bonds is 2. The molecule has 0 saturated heterocycles. The van der Waals surface area contributed by atoms with Crippen molar-refractivity contribution in [2.45, 2.75) is 20.0 Å². The molecule has 1 unspecified atom stereocenters. The van der Waals surface area contributed by atoms with Gasteiger partial charge in [0.15, 0.2) is 0 Å². The molecule has 0 aliphatic heterocycles. The Hall–Kier alpha value is -1.29. The summed E-state index contributed by atoms with van der Waals surface area (Å²) in [6.45, 7) is 3.29. The van der Waals surface area contributed by atoms with Crippen LogP contribution in [0.3, 0.4) is 0 Å². The summed E-state index contributed by atoms with van der Waals surface area (Å²) in [6.07, 6.45) is 1.65. The Morgan fingerprint density at radius 2 is 2.25 bits per heavy atom. The molecule has 2 aromatic rings. The smallest absolute Gasteiger partial charge is 0.303 e. The minimum absolute atomic E-state index is 0.229. The molecule has 0 spiro atoms. The maximum Gasteiger partial charge on any atom is 0.303 e. The van der Waals surface area contributed by atoms with Crippen LogP contribution < -0.4 is 0 Å². The number of halogens is 1. The lowest BCUT2D eigenvalue weighted by molar-refractivity contribution is -0.145. The number of benzene rings is 1. The van der Waals surface area contributed by atoms with Crippen molar-refractivity contribution in [2.24, 2.45) is 0 Å². The molecule has 1 atom stereocenters. The van der Waals surface area contributed by atoms with Gasteiger partial charge in [-0.3, -0.25) is 4.79 Å². The second kappa shape index (κ2) is 4.29. The summed E-state index contributed by atoms with van der Waals surface area (Å²) >= 11 is 3.41. The molecular weight excluding hydrogens is 270 g/mol. The summed E-state index contributed by atoms with van der Waals surface area (Å²) < 4.78 is 6.18. The number of hydrogen-bond donors (Lipinski definition) is 1. The van der Waals surface area contributed by atoms with E-state index in [1.54, 1.807) is 0 Å². The van der Waals surface area contributed by atoms with Crippen molar-refractivity contribution in [1.29, 1.82) is 0 Å². The van der Waals surface area contributed by atoms with Crippen molar-refractivity contribution in [3.63, 3.8) is 0 Å².